The number of furan rings is 1. The molecule has 2 fully saturated rings. The SMILES string of the molecule is C[C@@]1(C(=O)NC2CCCC2)Cn2c(ccc2-c2ccco2)C(=O)N1CCN1CCCC1. The Balaban J connectivity index is 1.46. The first-order valence-electron chi connectivity index (χ1n) is 11.6. The first-order valence-corrected chi connectivity index (χ1v) is 11.6. The molecule has 0 unspecified atom stereocenters. The summed E-state index contributed by atoms with van der Waals surface area (Å²) >= 11 is 0. The number of nitrogens with zero attached hydrogens (tertiary/aromatic N) is 3. The van der Waals surface area contributed by atoms with E-state index in [1.54, 1.807) is 6.26 Å². The molecule has 1 aliphatic carbocycles. The van der Waals surface area contributed by atoms with Crippen LogP contribution in [0.1, 0.15) is 55.9 Å². The maximum Gasteiger partial charge on any atom is 0.271 e. The molecular weight excluding hydrogens is 392 g/mol. The van der Waals surface area contributed by atoms with Gasteiger partial charge in [-0.25, -0.2) is 0 Å². The Kier molecular flexibility index (Phi) is 5.38. The van der Waals surface area contributed by atoms with E-state index >= 15 is 0 Å². The zero-order chi connectivity index (χ0) is 21.4. The van der Waals surface area contributed by atoms with Crippen LogP contribution in [0.5, 0.6) is 0 Å². The summed E-state index contributed by atoms with van der Waals surface area (Å²) in [6.45, 7) is 5.88. The van der Waals surface area contributed by atoms with E-state index in [9.17, 15) is 9.59 Å². The van der Waals surface area contributed by atoms with Crippen LogP contribution in [0.3, 0.4) is 0 Å². The van der Waals surface area contributed by atoms with Crippen LogP contribution in [0.25, 0.3) is 11.5 Å². The van der Waals surface area contributed by atoms with Crippen molar-refractivity contribution in [1.82, 2.24) is 19.7 Å². The van der Waals surface area contributed by atoms with Crippen molar-refractivity contribution in [3.63, 3.8) is 0 Å². The topological polar surface area (TPSA) is 70.7 Å². The van der Waals surface area contributed by atoms with Gasteiger partial charge >= 0.3 is 0 Å². The predicted octanol–water partition coefficient (Wildman–Crippen LogP) is 3.12. The summed E-state index contributed by atoms with van der Waals surface area (Å²) in [6.07, 6.45) is 8.42. The molecule has 2 aromatic rings. The Hall–Kier alpha value is -2.54. The van der Waals surface area contributed by atoms with E-state index in [0.717, 1.165) is 51.0 Å². The molecule has 0 bridgehead atoms. The van der Waals surface area contributed by atoms with E-state index < -0.39 is 5.54 Å². The van der Waals surface area contributed by atoms with Gasteiger partial charge in [-0.15, -0.1) is 0 Å². The molecule has 3 aliphatic rings. The molecule has 7 heteroatoms. The van der Waals surface area contributed by atoms with E-state index in [1.807, 2.05) is 40.7 Å². The van der Waals surface area contributed by atoms with Gasteiger partial charge in [-0.05, 0) is 70.0 Å². The third kappa shape index (κ3) is 3.69. The minimum atomic E-state index is -0.938. The van der Waals surface area contributed by atoms with Gasteiger partial charge in [0, 0.05) is 19.1 Å². The lowest BCUT2D eigenvalue weighted by Gasteiger charge is -2.45. The molecule has 0 aromatic carbocycles. The molecule has 4 heterocycles. The molecule has 166 valence electrons. The molecule has 1 saturated heterocycles. The van der Waals surface area contributed by atoms with Crippen LogP contribution >= 0.6 is 0 Å². The van der Waals surface area contributed by atoms with Crippen LogP contribution in [0.4, 0.5) is 0 Å². The van der Waals surface area contributed by atoms with Gasteiger partial charge in [0.25, 0.3) is 5.91 Å². The molecule has 2 aromatic heterocycles. The van der Waals surface area contributed by atoms with Crippen LogP contribution < -0.4 is 5.32 Å². The van der Waals surface area contributed by atoms with Gasteiger partial charge in [0.2, 0.25) is 5.91 Å². The lowest BCUT2D eigenvalue weighted by Crippen LogP contribution is -2.65. The number of carbonyl (C=O) groups excluding carboxylic acids is 2. The molecule has 0 spiro atoms. The molecule has 5 rings (SSSR count). The quantitative estimate of drug-likeness (QED) is 0.774. The van der Waals surface area contributed by atoms with Crippen molar-refractivity contribution >= 4 is 11.8 Å². The van der Waals surface area contributed by atoms with Crippen molar-refractivity contribution in [1.29, 1.82) is 0 Å². The monoisotopic (exact) mass is 424 g/mol. The van der Waals surface area contributed by atoms with E-state index in [0.29, 0.717) is 24.5 Å². The summed E-state index contributed by atoms with van der Waals surface area (Å²) < 4.78 is 7.56. The minimum Gasteiger partial charge on any atom is -0.463 e. The Morgan fingerprint density at radius 3 is 2.55 bits per heavy atom. The molecule has 1 saturated carbocycles. The molecule has 2 aliphatic heterocycles. The van der Waals surface area contributed by atoms with Crippen LogP contribution in [0, 0.1) is 0 Å². The average Bonchev–Trinajstić information content (AvgIpc) is 3.54. The Morgan fingerprint density at radius 1 is 1.10 bits per heavy atom. The number of hydrogen-bond donors (Lipinski definition) is 1. The second-order valence-corrected chi connectivity index (χ2v) is 9.40. The van der Waals surface area contributed by atoms with Crippen LogP contribution in [0.2, 0.25) is 0 Å². The third-order valence-electron chi connectivity index (χ3n) is 7.30. The number of carbonyl (C=O) groups is 2. The second kappa shape index (κ2) is 8.19. The van der Waals surface area contributed by atoms with E-state index in [1.165, 1.54) is 12.8 Å². The van der Waals surface area contributed by atoms with Gasteiger partial charge in [-0.1, -0.05) is 12.8 Å². The Morgan fingerprint density at radius 2 is 1.84 bits per heavy atom. The van der Waals surface area contributed by atoms with Gasteiger partial charge in [0.1, 0.15) is 17.0 Å². The molecule has 7 nitrogen and oxygen atoms in total. The Bertz CT molecular complexity index is 938. The maximum atomic E-state index is 13.6. The normalized spacial score (nSPS) is 24.7. The Labute approximate surface area is 183 Å². The number of likely N-dealkylation sites (tertiary alicyclic amines) is 1. The summed E-state index contributed by atoms with van der Waals surface area (Å²) in [6, 6.07) is 7.73. The molecule has 31 heavy (non-hydrogen) atoms. The number of aromatic nitrogens is 1. The van der Waals surface area contributed by atoms with Crippen molar-refractivity contribution in [2.45, 2.75) is 63.6 Å². The van der Waals surface area contributed by atoms with Crippen LogP contribution in [-0.2, 0) is 11.3 Å². The van der Waals surface area contributed by atoms with E-state index in [4.69, 9.17) is 4.42 Å². The highest BCUT2D eigenvalue weighted by molar-refractivity contribution is 6.00. The minimum absolute atomic E-state index is 0.0427. The van der Waals surface area contributed by atoms with Gasteiger partial charge < -0.3 is 24.1 Å². The fourth-order valence-electron chi connectivity index (χ4n) is 5.42. The van der Waals surface area contributed by atoms with Crippen LogP contribution in [-0.4, -0.2) is 63.9 Å². The summed E-state index contributed by atoms with van der Waals surface area (Å²) in [5.41, 5.74) is 0.527. The largest absolute Gasteiger partial charge is 0.463 e. The van der Waals surface area contributed by atoms with Crippen molar-refractivity contribution in [2.75, 3.05) is 26.2 Å². The van der Waals surface area contributed by atoms with E-state index in [-0.39, 0.29) is 17.9 Å². The summed E-state index contributed by atoms with van der Waals surface area (Å²) in [5, 5.41) is 3.26. The summed E-state index contributed by atoms with van der Waals surface area (Å²) in [7, 11) is 0. The zero-order valence-electron chi connectivity index (χ0n) is 18.3. The third-order valence-corrected chi connectivity index (χ3v) is 7.30. The highest BCUT2D eigenvalue weighted by Crippen LogP contribution is 2.34. The standard InChI is InChI=1S/C24H32N4O3/c1-24(23(30)25-18-7-2-3-8-18)17-27-19(21-9-6-16-31-21)10-11-20(27)22(29)28(24)15-14-26-12-4-5-13-26/h6,9-11,16,18H,2-5,7-8,12-15,17H2,1H3,(H,25,30)/t24-/m0/s1. The maximum absolute atomic E-state index is 13.6. The van der Waals surface area contributed by atoms with Crippen molar-refractivity contribution < 1.29 is 14.0 Å². The fraction of sp³-hybridized carbons (Fsp3) is 0.583. The zero-order valence-corrected chi connectivity index (χ0v) is 18.3. The van der Waals surface area contributed by atoms with Crippen LogP contribution in [0.15, 0.2) is 34.9 Å². The number of rotatable bonds is 6. The first kappa shape index (κ1) is 20.4. The van der Waals surface area contributed by atoms with Gasteiger partial charge in [-0.2, -0.15) is 0 Å². The van der Waals surface area contributed by atoms with Gasteiger partial charge in [-0.3, -0.25) is 9.59 Å². The fourth-order valence-corrected chi connectivity index (χ4v) is 5.42. The number of nitrogens with one attached hydrogen (secondary N) is 1. The second-order valence-electron chi connectivity index (χ2n) is 9.40. The molecular formula is C24H32N4O3. The van der Waals surface area contributed by atoms with Gasteiger partial charge in [0.15, 0.2) is 0 Å². The lowest BCUT2D eigenvalue weighted by molar-refractivity contribution is -0.133. The van der Waals surface area contributed by atoms with Gasteiger partial charge in [0.05, 0.1) is 18.5 Å². The number of amides is 2. The highest BCUT2D eigenvalue weighted by atomic mass is 16.3. The molecule has 1 N–H and O–H groups in total. The van der Waals surface area contributed by atoms with Crippen molar-refractivity contribution in [2.24, 2.45) is 0 Å². The predicted molar refractivity (Wildman–Crippen MR) is 118 cm³/mol. The molecule has 0 radical (unpaired) electrons. The summed E-state index contributed by atoms with van der Waals surface area (Å²) in [4.78, 5) is 31.4. The number of hydrogen-bond acceptors (Lipinski definition) is 4. The van der Waals surface area contributed by atoms with Crippen molar-refractivity contribution in [3.8, 4) is 11.5 Å². The molecule has 2 amide bonds. The number of fused-ring (bicyclic) bond motifs is 1. The average molecular weight is 425 g/mol. The van der Waals surface area contributed by atoms with Crippen molar-refractivity contribution in [3.05, 3.63) is 36.2 Å². The first-order chi connectivity index (χ1) is 15.1. The summed E-state index contributed by atoms with van der Waals surface area (Å²) in [5.74, 6) is 0.592. The van der Waals surface area contributed by atoms with E-state index in [2.05, 4.69) is 10.2 Å². The smallest absolute Gasteiger partial charge is 0.271 e. The highest BCUT2D eigenvalue weighted by Gasteiger charge is 2.48. The lowest BCUT2D eigenvalue weighted by atomic mass is 9.94. The molecule has 1 atom stereocenters.